The van der Waals surface area contributed by atoms with Crippen LogP contribution in [0.5, 0.6) is 5.88 Å². The van der Waals surface area contributed by atoms with Crippen LogP contribution in [0.3, 0.4) is 0 Å². The average Bonchev–Trinajstić information content (AvgIpc) is 3.12. The summed E-state index contributed by atoms with van der Waals surface area (Å²) in [5.74, 6) is 0.978. The Bertz CT molecular complexity index is 670. The molecule has 0 N–H and O–H groups in total. The summed E-state index contributed by atoms with van der Waals surface area (Å²) >= 11 is 0. The van der Waals surface area contributed by atoms with Crippen molar-refractivity contribution in [2.75, 3.05) is 13.7 Å². The Kier molecular flexibility index (Phi) is 5.14. The molecule has 1 aliphatic rings. The summed E-state index contributed by atoms with van der Waals surface area (Å²) in [6.07, 6.45) is 4.76. The lowest BCUT2D eigenvalue weighted by Gasteiger charge is -2.31. The molecule has 1 aliphatic heterocycles. The van der Waals surface area contributed by atoms with E-state index in [1.54, 1.807) is 25.4 Å². The summed E-state index contributed by atoms with van der Waals surface area (Å²) in [4.78, 5) is 19.2. The lowest BCUT2D eigenvalue weighted by atomic mass is 9.87. The molecule has 0 spiro atoms. The van der Waals surface area contributed by atoms with E-state index in [0.29, 0.717) is 17.4 Å². The second-order valence-electron chi connectivity index (χ2n) is 6.22. The zero-order chi connectivity index (χ0) is 16.9. The van der Waals surface area contributed by atoms with Crippen molar-refractivity contribution in [2.24, 2.45) is 0 Å². The molecule has 1 saturated heterocycles. The van der Waals surface area contributed by atoms with Crippen LogP contribution < -0.4 is 4.74 Å². The molecular formula is C20H24N2O2. The van der Waals surface area contributed by atoms with Gasteiger partial charge >= 0.3 is 0 Å². The zero-order valence-corrected chi connectivity index (χ0v) is 14.3. The third kappa shape index (κ3) is 3.28. The van der Waals surface area contributed by atoms with Crippen LogP contribution in [0, 0.1) is 0 Å². The molecule has 0 unspecified atom stereocenters. The van der Waals surface area contributed by atoms with Crippen molar-refractivity contribution in [2.45, 2.75) is 38.1 Å². The number of pyridine rings is 1. The molecule has 1 amide bonds. The summed E-state index contributed by atoms with van der Waals surface area (Å²) in [5, 5.41) is 0. The SMILES string of the molecule is CC[C@@H](c1ccccc1)[C@@H]1CCCN1C(=O)c1ccc(OC)nc1. The molecule has 4 heteroatoms. The fourth-order valence-electron chi connectivity index (χ4n) is 3.69. The van der Waals surface area contributed by atoms with Gasteiger partial charge in [0.1, 0.15) is 0 Å². The van der Waals surface area contributed by atoms with Crippen molar-refractivity contribution in [1.82, 2.24) is 9.88 Å². The summed E-state index contributed by atoms with van der Waals surface area (Å²) < 4.78 is 5.07. The molecule has 1 aromatic carbocycles. The van der Waals surface area contributed by atoms with Gasteiger partial charge in [0.05, 0.1) is 12.7 Å². The fourth-order valence-corrected chi connectivity index (χ4v) is 3.69. The number of nitrogens with zero attached hydrogens (tertiary/aromatic N) is 2. The molecule has 1 fully saturated rings. The number of benzene rings is 1. The number of ether oxygens (including phenoxy) is 1. The minimum Gasteiger partial charge on any atom is -0.481 e. The molecular weight excluding hydrogens is 300 g/mol. The molecule has 24 heavy (non-hydrogen) atoms. The lowest BCUT2D eigenvalue weighted by molar-refractivity contribution is 0.0714. The van der Waals surface area contributed by atoms with Gasteiger partial charge in [-0.3, -0.25) is 4.79 Å². The van der Waals surface area contributed by atoms with Crippen molar-refractivity contribution >= 4 is 5.91 Å². The number of carbonyl (C=O) groups excluding carboxylic acids is 1. The molecule has 0 bridgehead atoms. The smallest absolute Gasteiger partial charge is 0.255 e. The number of hydrogen-bond donors (Lipinski definition) is 0. The van der Waals surface area contributed by atoms with Gasteiger partial charge in [-0.25, -0.2) is 4.98 Å². The monoisotopic (exact) mass is 324 g/mol. The van der Waals surface area contributed by atoms with Gasteiger partial charge < -0.3 is 9.64 Å². The number of likely N-dealkylation sites (tertiary alicyclic amines) is 1. The first-order chi connectivity index (χ1) is 11.7. The van der Waals surface area contributed by atoms with E-state index in [1.165, 1.54) is 5.56 Å². The van der Waals surface area contributed by atoms with E-state index in [1.807, 2.05) is 11.0 Å². The van der Waals surface area contributed by atoms with Crippen molar-refractivity contribution in [3.8, 4) is 5.88 Å². The predicted octanol–water partition coefficient (Wildman–Crippen LogP) is 3.89. The van der Waals surface area contributed by atoms with E-state index >= 15 is 0 Å². The van der Waals surface area contributed by atoms with Gasteiger partial charge in [-0.2, -0.15) is 0 Å². The van der Waals surface area contributed by atoms with E-state index in [0.717, 1.165) is 25.8 Å². The van der Waals surface area contributed by atoms with Crippen LogP contribution in [0.15, 0.2) is 48.7 Å². The first-order valence-corrected chi connectivity index (χ1v) is 8.60. The summed E-state index contributed by atoms with van der Waals surface area (Å²) in [5.41, 5.74) is 1.95. The number of amides is 1. The standard InChI is InChI=1S/C20H24N2O2/c1-3-17(15-8-5-4-6-9-15)18-10-7-13-22(18)20(23)16-11-12-19(24-2)21-14-16/h4-6,8-9,11-12,14,17-18H,3,7,10,13H2,1-2H3/t17-,18-/m0/s1. The van der Waals surface area contributed by atoms with Crippen LogP contribution >= 0.6 is 0 Å². The van der Waals surface area contributed by atoms with E-state index in [4.69, 9.17) is 4.74 Å². The molecule has 126 valence electrons. The molecule has 0 aliphatic carbocycles. The van der Waals surface area contributed by atoms with E-state index in [-0.39, 0.29) is 11.9 Å². The fraction of sp³-hybridized carbons (Fsp3) is 0.400. The van der Waals surface area contributed by atoms with Crippen molar-refractivity contribution in [3.63, 3.8) is 0 Å². The average molecular weight is 324 g/mol. The lowest BCUT2D eigenvalue weighted by Crippen LogP contribution is -2.39. The van der Waals surface area contributed by atoms with Gasteiger partial charge in [0.15, 0.2) is 0 Å². The maximum absolute atomic E-state index is 13.0. The Morgan fingerprint density at radius 1 is 1.29 bits per heavy atom. The van der Waals surface area contributed by atoms with E-state index < -0.39 is 0 Å². The molecule has 4 nitrogen and oxygen atoms in total. The zero-order valence-electron chi connectivity index (χ0n) is 14.3. The van der Waals surface area contributed by atoms with Crippen LogP contribution in [0.25, 0.3) is 0 Å². The van der Waals surface area contributed by atoms with Crippen LogP contribution in [0.4, 0.5) is 0 Å². The number of carbonyl (C=O) groups is 1. The molecule has 3 rings (SSSR count). The minimum atomic E-state index is 0.0713. The largest absolute Gasteiger partial charge is 0.481 e. The maximum atomic E-state index is 13.0. The van der Waals surface area contributed by atoms with E-state index in [9.17, 15) is 4.79 Å². The normalized spacial score (nSPS) is 18.4. The Labute approximate surface area is 143 Å². The summed E-state index contributed by atoms with van der Waals surface area (Å²) in [6.45, 7) is 3.02. The third-order valence-electron chi connectivity index (χ3n) is 4.88. The highest BCUT2D eigenvalue weighted by Crippen LogP contribution is 2.34. The Morgan fingerprint density at radius 3 is 2.71 bits per heavy atom. The molecule has 1 aromatic heterocycles. The van der Waals surface area contributed by atoms with Gasteiger partial charge in [-0.05, 0) is 30.9 Å². The van der Waals surface area contributed by atoms with Gasteiger partial charge in [-0.1, -0.05) is 37.3 Å². The van der Waals surface area contributed by atoms with Gasteiger partial charge in [0.2, 0.25) is 5.88 Å². The Balaban J connectivity index is 1.82. The highest BCUT2D eigenvalue weighted by Gasteiger charge is 2.35. The second kappa shape index (κ2) is 7.47. The van der Waals surface area contributed by atoms with Crippen LogP contribution in [-0.2, 0) is 0 Å². The highest BCUT2D eigenvalue weighted by molar-refractivity contribution is 5.94. The number of methoxy groups -OCH3 is 1. The summed E-state index contributed by atoms with van der Waals surface area (Å²) in [6, 6.07) is 14.3. The molecule has 0 radical (unpaired) electrons. The van der Waals surface area contributed by atoms with Crippen LogP contribution in [-0.4, -0.2) is 35.5 Å². The van der Waals surface area contributed by atoms with Gasteiger partial charge in [-0.15, -0.1) is 0 Å². The minimum absolute atomic E-state index is 0.0713. The Hall–Kier alpha value is -2.36. The Morgan fingerprint density at radius 2 is 2.08 bits per heavy atom. The highest BCUT2D eigenvalue weighted by atomic mass is 16.5. The van der Waals surface area contributed by atoms with Crippen LogP contribution in [0.2, 0.25) is 0 Å². The molecule has 0 saturated carbocycles. The topological polar surface area (TPSA) is 42.4 Å². The van der Waals surface area contributed by atoms with Crippen LogP contribution in [0.1, 0.15) is 48.0 Å². The van der Waals surface area contributed by atoms with E-state index in [2.05, 4.69) is 36.2 Å². The van der Waals surface area contributed by atoms with Gasteiger partial charge in [0.25, 0.3) is 5.91 Å². The number of aromatic nitrogens is 1. The first kappa shape index (κ1) is 16.5. The third-order valence-corrected chi connectivity index (χ3v) is 4.88. The van der Waals surface area contributed by atoms with Crippen molar-refractivity contribution in [3.05, 3.63) is 59.8 Å². The number of hydrogen-bond acceptors (Lipinski definition) is 3. The van der Waals surface area contributed by atoms with Crippen molar-refractivity contribution < 1.29 is 9.53 Å². The molecule has 2 heterocycles. The maximum Gasteiger partial charge on any atom is 0.255 e. The van der Waals surface area contributed by atoms with Crippen molar-refractivity contribution in [1.29, 1.82) is 0 Å². The molecule has 2 aromatic rings. The first-order valence-electron chi connectivity index (χ1n) is 8.60. The van der Waals surface area contributed by atoms with Gasteiger partial charge in [0, 0.05) is 30.8 Å². The number of rotatable bonds is 5. The predicted molar refractivity (Wildman–Crippen MR) is 94.3 cm³/mol. The quantitative estimate of drug-likeness (QED) is 0.838. The second-order valence-corrected chi connectivity index (χ2v) is 6.22. The molecule has 2 atom stereocenters. The summed E-state index contributed by atoms with van der Waals surface area (Å²) in [7, 11) is 1.58.